The Morgan fingerprint density at radius 3 is 2.29 bits per heavy atom. The lowest BCUT2D eigenvalue weighted by Gasteiger charge is -2.31. The SMILES string of the molecule is CC(C)CC(CBr)(CBr)Cc1ccc(Br)cn1. The van der Waals surface area contributed by atoms with Crippen LogP contribution in [0.3, 0.4) is 0 Å². The van der Waals surface area contributed by atoms with E-state index in [1.165, 1.54) is 6.42 Å². The van der Waals surface area contributed by atoms with Gasteiger partial charge in [-0.3, -0.25) is 4.98 Å². The molecule has 1 heterocycles. The van der Waals surface area contributed by atoms with Crippen molar-refractivity contribution in [1.29, 1.82) is 0 Å². The molecule has 0 saturated heterocycles. The maximum absolute atomic E-state index is 4.48. The minimum absolute atomic E-state index is 0.259. The number of alkyl halides is 2. The van der Waals surface area contributed by atoms with E-state index in [-0.39, 0.29) is 5.41 Å². The molecule has 1 aromatic rings. The van der Waals surface area contributed by atoms with Gasteiger partial charge in [0.2, 0.25) is 0 Å². The molecule has 96 valence electrons. The highest BCUT2D eigenvalue weighted by molar-refractivity contribution is 9.10. The van der Waals surface area contributed by atoms with Crippen LogP contribution in [0.2, 0.25) is 0 Å². The number of hydrogen-bond acceptors (Lipinski definition) is 1. The van der Waals surface area contributed by atoms with Crippen LogP contribution in [0, 0.1) is 11.3 Å². The second kappa shape index (κ2) is 7.25. The van der Waals surface area contributed by atoms with Gasteiger partial charge in [-0.05, 0) is 52.2 Å². The molecule has 1 rings (SSSR count). The van der Waals surface area contributed by atoms with Gasteiger partial charge in [-0.25, -0.2) is 0 Å². The van der Waals surface area contributed by atoms with Crippen LogP contribution in [0.15, 0.2) is 22.8 Å². The molecular weight excluding hydrogens is 410 g/mol. The van der Waals surface area contributed by atoms with Gasteiger partial charge in [0.1, 0.15) is 0 Å². The highest BCUT2D eigenvalue weighted by Crippen LogP contribution is 2.34. The third-order valence-corrected chi connectivity index (χ3v) is 5.60. The van der Waals surface area contributed by atoms with Crippen LogP contribution in [0.25, 0.3) is 0 Å². The molecule has 0 saturated carbocycles. The molecule has 0 aliphatic carbocycles. The first-order chi connectivity index (χ1) is 8.01. The lowest BCUT2D eigenvalue weighted by molar-refractivity contribution is 0.302. The van der Waals surface area contributed by atoms with Gasteiger partial charge in [0.05, 0.1) is 0 Å². The first kappa shape index (κ1) is 15.6. The molecule has 0 radical (unpaired) electrons. The fourth-order valence-electron chi connectivity index (χ4n) is 2.07. The topological polar surface area (TPSA) is 12.9 Å². The number of aromatic nitrogens is 1. The lowest BCUT2D eigenvalue weighted by atomic mass is 9.80. The third kappa shape index (κ3) is 4.99. The van der Waals surface area contributed by atoms with Gasteiger partial charge in [0.25, 0.3) is 0 Å². The Labute approximate surface area is 129 Å². The monoisotopic (exact) mass is 425 g/mol. The number of pyridine rings is 1. The molecule has 0 aliphatic heterocycles. The van der Waals surface area contributed by atoms with Crippen LogP contribution < -0.4 is 0 Å². The van der Waals surface area contributed by atoms with Gasteiger partial charge >= 0.3 is 0 Å². The molecule has 0 bridgehead atoms. The minimum atomic E-state index is 0.259. The normalized spacial score (nSPS) is 12.1. The smallest absolute Gasteiger partial charge is 0.0413 e. The second-order valence-electron chi connectivity index (χ2n) is 5.01. The van der Waals surface area contributed by atoms with Crippen molar-refractivity contribution in [1.82, 2.24) is 4.98 Å². The van der Waals surface area contributed by atoms with Gasteiger partial charge in [0.15, 0.2) is 0 Å². The van der Waals surface area contributed by atoms with Gasteiger partial charge in [-0.2, -0.15) is 0 Å². The van der Waals surface area contributed by atoms with Crippen LogP contribution >= 0.6 is 47.8 Å². The molecule has 4 heteroatoms. The van der Waals surface area contributed by atoms with E-state index in [0.29, 0.717) is 5.92 Å². The molecular formula is C13H18Br3N. The van der Waals surface area contributed by atoms with Gasteiger partial charge in [-0.15, -0.1) is 0 Å². The van der Waals surface area contributed by atoms with Crippen molar-refractivity contribution in [3.05, 3.63) is 28.5 Å². The summed E-state index contributed by atoms with van der Waals surface area (Å²) in [6.07, 6.45) is 4.08. The zero-order chi connectivity index (χ0) is 12.9. The molecule has 1 nitrogen and oxygen atoms in total. The maximum atomic E-state index is 4.48. The zero-order valence-corrected chi connectivity index (χ0v) is 15.0. The van der Waals surface area contributed by atoms with Gasteiger partial charge in [0, 0.05) is 27.0 Å². The standard InChI is InChI=1S/C13H18Br3N/c1-10(2)5-13(8-14,9-15)6-12-4-3-11(16)7-17-12/h3-4,7,10H,5-6,8-9H2,1-2H3. The molecule has 17 heavy (non-hydrogen) atoms. The minimum Gasteiger partial charge on any atom is -0.260 e. The summed E-state index contributed by atoms with van der Waals surface area (Å²) in [5, 5.41) is 2.00. The van der Waals surface area contributed by atoms with E-state index in [1.807, 2.05) is 6.20 Å². The molecule has 0 amide bonds. The van der Waals surface area contributed by atoms with Gasteiger partial charge in [-0.1, -0.05) is 45.7 Å². The van der Waals surface area contributed by atoms with E-state index >= 15 is 0 Å². The van der Waals surface area contributed by atoms with Crippen molar-refractivity contribution >= 4 is 47.8 Å². The average Bonchev–Trinajstić information content (AvgIpc) is 2.30. The Morgan fingerprint density at radius 1 is 1.24 bits per heavy atom. The summed E-state index contributed by atoms with van der Waals surface area (Å²) in [6, 6.07) is 4.16. The first-order valence-corrected chi connectivity index (χ1v) is 8.77. The Kier molecular flexibility index (Phi) is 6.67. The number of rotatable bonds is 6. The summed E-state index contributed by atoms with van der Waals surface area (Å²) >= 11 is 10.8. The van der Waals surface area contributed by atoms with Crippen LogP contribution in [0.4, 0.5) is 0 Å². The van der Waals surface area contributed by atoms with Crippen molar-refractivity contribution in [2.45, 2.75) is 26.7 Å². The Bertz CT molecular complexity index is 331. The van der Waals surface area contributed by atoms with Crippen LogP contribution in [-0.4, -0.2) is 15.6 Å². The van der Waals surface area contributed by atoms with Crippen LogP contribution in [0.1, 0.15) is 26.0 Å². The van der Waals surface area contributed by atoms with Gasteiger partial charge < -0.3 is 0 Å². The molecule has 0 unspecified atom stereocenters. The summed E-state index contributed by atoms with van der Waals surface area (Å²) in [4.78, 5) is 4.48. The summed E-state index contributed by atoms with van der Waals surface area (Å²) in [5.74, 6) is 0.695. The summed E-state index contributed by atoms with van der Waals surface area (Å²) in [5.41, 5.74) is 1.42. The molecule has 1 aromatic heterocycles. The largest absolute Gasteiger partial charge is 0.260 e. The average molecular weight is 428 g/mol. The van der Waals surface area contributed by atoms with E-state index in [9.17, 15) is 0 Å². The highest BCUT2D eigenvalue weighted by Gasteiger charge is 2.29. The summed E-state index contributed by atoms with van der Waals surface area (Å²) < 4.78 is 1.04. The van der Waals surface area contributed by atoms with Crippen molar-refractivity contribution in [3.8, 4) is 0 Å². The first-order valence-electron chi connectivity index (χ1n) is 5.74. The van der Waals surface area contributed by atoms with Crippen molar-refractivity contribution in [3.63, 3.8) is 0 Å². The maximum Gasteiger partial charge on any atom is 0.0413 e. The summed E-state index contributed by atoms with van der Waals surface area (Å²) in [6.45, 7) is 4.55. The molecule has 0 spiro atoms. The lowest BCUT2D eigenvalue weighted by Crippen LogP contribution is -2.30. The van der Waals surface area contributed by atoms with E-state index < -0.39 is 0 Å². The van der Waals surface area contributed by atoms with E-state index in [0.717, 1.165) is 27.2 Å². The number of halogens is 3. The molecule has 0 fully saturated rings. The Morgan fingerprint density at radius 2 is 1.88 bits per heavy atom. The number of nitrogens with zero attached hydrogens (tertiary/aromatic N) is 1. The van der Waals surface area contributed by atoms with Crippen LogP contribution in [-0.2, 0) is 6.42 Å². The molecule has 0 atom stereocenters. The molecule has 0 N–H and O–H groups in total. The Balaban J connectivity index is 2.82. The van der Waals surface area contributed by atoms with Crippen molar-refractivity contribution in [2.24, 2.45) is 11.3 Å². The fraction of sp³-hybridized carbons (Fsp3) is 0.615. The molecule has 0 aromatic carbocycles. The van der Waals surface area contributed by atoms with Crippen LogP contribution in [0.5, 0.6) is 0 Å². The second-order valence-corrected chi connectivity index (χ2v) is 7.05. The molecule has 0 aliphatic rings. The zero-order valence-electron chi connectivity index (χ0n) is 10.2. The highest BCUT2D eigenvalue weighted by atomic mass is 79.9. The van der Waals surface area contributed by atoms with E-state index in [4.69, 9.17) is 0 Å². The predicted octanol–water partition coefficient (Wildman–Crippen LogP) is 5.21. The van der Waals surface area contributed by atoms with Crippen molar-refractivity contribution in [2.75, 3.05) is 10.7 Å². The summed E-state index contributed by atoms with van der Waals surface area (Å²) in [7, 11) is 0. The van der Waals surface area contributed by atoms with Crippen molar-refractivity contribution < 1.29 is 0 Å². The van der Waals surface area contributed by atoms with E-state index in [1.54, 1.807) is 0 Å². The fourth-order valence-corrected chi connectivity index (χ4v) is 4.09. The third-order valence-electron chi connectivity index (χ3n) is 2.75. The van der Waals surface area contributed by atoms with E-state index in [2.05, 4.69) is 78.8 Å². The quantitative estimate of drug-likeness (QED) is 0.568. The Hall–Kier alpha value is 0.590. The number of hydrogen-bond donors (Lipinski definition) is 0. The predicted molar refractivity (Wildman–Crippen MR) is 85.1 cm³/mol.